The van der Waals surface area contributed by atoms with Gasteiger partial charge >= 0.3 is 5.97 Å². The Kier molecular flexibility index (Phi) is 4.30. The molecule has 0 atom stereocenters. The van der Waals surface area contributed by atoms with Crippen molar-refractivity contribution < 1.29 is 24.2 Å². The first-order valence-electron chi connectivity index (χ1n) is 10.0. The molecule has 1 aliphatic heterocycles. The van der Waals surface area contributed by atoms with E-state index < -0.39 is 23.1 Å². The van der Waals surface area contributed by atoms with Gasteiger partial charge in [0.25, 0.3) is 11.6 Å². The summed E-state index contributed by atoms with van der Waals surface area (Å²) in [5.74, 6) is -1.11. The van der Waals surface area contributed by atoms with Crippen molar-refractivity contribution in [3.8, 4) is 5.69 Å². The number of hydrogen-bond donors (Lipinski definition) is 2. The summed E-state index contributed by atoms with van der Waals surface area (Å²) < 4.78 is 7.83. The Morgan fingerprint density at radius 2 is 1.90 bits per heavy atom. The summed E-state index contributed by atoms with van der Waals surface area (Å²) in [4.78, 5) is 25.1. The monoisotopic (exact) mass is 420 g/mol. The molecule has 9 heteroatoms. The van der Waals surface area contributed by atoms with Crippen molar-refractivity contribution in [2.24, 2.45) is 0 Å². The van der Waals surface area contributed by atoms with Gasteiger partial charge in [0.15, 0.2) is 11.8 Å². The van der Waals surface area contributed by atoms with E-state index in [4.69, 9.17) is 4.74 Å². The number of nitrogens with zero attached hydrogens (tertiary/aromatic N) is 3. The molecule has 1 aromatic carbocycles. The zero-order chi connectivity index (χ0) is 21.6. The van der Waals surface area contributed by atoms with Gasteiger partial charge in [-0.1, -0.05) is 18.2 Å². The minimum Gasteiger partial charge on any atom is -0.618 e. The number of hydrogen-bond acceptors (Lipinski definition) is 6. The summed E-state index contributed by atoms with van der Waals surface area (Å²) in [7, 11) is 0. The van der Waals surface area contributed by atoms with E-state index in [0.29, 0.717) is 10.4 Å². The number of carbonyl (C=O) groups excluding carboxylic acids is 2. The van der Waals surface area contributed by atoms with Crippen molar-refractivity contribution in [3.05, 3.63) is 77.5 Å². The number of aliphatic hydroxyl groups is 1. The number of amides is 1. The van der Waals surface area contributed by atoms with Gasteiger partial charge in [-0.25, -0.2) is 9.48 Å². The third-order valence-electron chi connectivity index (χ3n) is 6.07. The summed E-state index contributed by atoms with van der Waals surface area (Å²) in [5.41, 5.74) is -0.961. The summed E-state index contributed by atoms with van der Waals surface area (Å²) in [6.45, 7) is 0. The van der Waals surface area contributed by atoms with Crippen LogP contribution in [0.25, 0.3) is 5.69 Å². The highest BCUT2D eigenvalue weighted by molar-refractivity contribution is 5.97. The van der Waals surface area contributed by atoms with Crippen molar-refractivity contribution in [1.82, 2.24) is 9.78 Å². The number of para-hydroxylation sites is 1. The van der Waals surface area contributed by atoms with E-state index in [2.05, 4.69) is 10.4 Å². The molecule has 1 amide bonds. The number of rotatable bonds is 3. The molecule has 158 valence electrons. The molecule has 2 aromatic heterocycles. The maximum absolute atomic E-state index is 12.8. The first kappa shape index (κ1) is 19.3. The number of benzene rings is 1. The number of nitrogens with one attached hydrogen (secondary N) is 1. The summed E-state index contributed by atoms with van der Waals surface area (Å²) in [6.07, 6.45) is 4.93. The standard InChI is InChI=1S/C22H20N4O5/c27-19-17-7-4-12-26(30)18(17)22(31-19)10-8-21(29,9-11-22)20(28)24-15-13-23-25(14-15)16-5-2-1-3-6-16/h1-7,12-14,29H,8-11H2,(H,24,28)/t21-,22+. The number of esters is 1. The number of pyridine rings is 1. The van der Waals surface area contributed by atoms with Crippen molar-refractivity contribution >= 4 is 17.6 Å². The largest absolute Gasteiger partial charge is 0.618 e. The second-order valence-corrected chi connectivity index (χ2v) is 7.97. The fourth-order valence-electron chi connectivity index (χ4n) is 4.37. The van der Waals surface area contributed by atoms with Crippen LogP contribution in [-0.2, 0) is 15.1 Å². The van der Waals surface area contributed by atoms with Gasteiger partial charge in [0.2, 0.25) is 0 Å². The highest BCUT2D eigenvalue weighted by Gasteiger charge is 2.57. The molecule has 0 bridgehead atoms. The van der Waals surface area contributed by atoms with Gasteiger partial charge in [0, 0.05) is 18.9 Å². The Balaban J connectivity index is 1.31. The molecule has 0 unspecified atom stereocenters. The Morgan fingerprint density at radius 1 is 1.16 bits per heavy atom. The lowest BCUT2D eigenvalue weighted by molar-refractivity contribution is -0.621. The number of ether oxygens (including phenoxy) is 1. The number of fused-ring (bicyclic) bond motifs is 2. The maximum atomic E-state index is 12.8. The van der Waals surface area contributed by atoms with Gasteiger partial charge in [0.05, 0.1) is 23.8 Å². The van der Waals surface area contributed by atoms with Crippen LogP contribution in [0.2, 0.25) is 0 Å². The first-order valence-corrected chi connectivity index (χ1v) is 10.0. The molecule has 1 aliphatic carbocycles. The highest BCUT2D eigenvalue weighted by atomic mass is 16.6. The van der Waals surface area contributed by atoms with Crippen LogP contribution in [0, 0.1) is 5.21 Å². The van der Waals surface area contributed by atoms with Crippen LogP contribution in [0.5, 0.6) is 0 Å². The lowest BCUT2D eigenvalue weighted by Gasteiger charge is -2.38. The maximum Gasteiger partial charge on any atom is 0.345 e. The number of anilines is 1. The second-order valence-electron chi connectivity index (χ2n) is 7.97. The van der Waals surface area contributed by atoms with E-state index in [0.717, 1.165) is 5.69 Å². The average Bonchev–Trinajstić information content (AvgIpc) is 3.35. The van der Waals surface area contributed by atoms with Crippen LogP contribution in [0.15, 0.2) is 61.1 Å². The van der Waals surface area contributed by atoms with Crippen LogP contribution < -0.4 is 10.0 Å². The van der Waals surface area contributed by atoms with Crippen molar-refractivity contribution in [3.63, 3.8) is 0 Å². The SMILES string of the molecule is O=C1O[C@]2(CC[C@](O)(C(=O)Nc3cnn(-c4ccccc4)c3)CC2)c2c1ccc[n+]2[O-]. The van der Waals surface area contributed by atoms with Crippen molar-refractivity contribution in [1.29, 1.82) is 0 Å². The Hall–Kier alpha value is -3.72. The lowest BCUT2D eigenvalue weighted by atomic mass is 9.74. The fourth-order valence-corrected chi connectivity index (χ4v) is 4.37. The number of carbonyl (C=O) groups is 2. The van der Waals surface area contributed by atoms with Gasteiger partial charge < -0.3 is 20.4 Å². The molecule has 2 N–H and O–H groups in total. The Bertz CT molecular complexity index is 1170. The van der Waals surface area contributed by atoms with Crippen molar-refractivity contribution in [2.75, 3.05) is 5.32 Å². The first-order chi connectivity index (χ1) is 14.9. The molecule has 0 saturated heterocycles. The van der Waals surface area contributed by atoms with E-state index in [1.807, 2.05) is 30.3 Å². The van der Waals surface area contributed by atoms with Crippen molar-refractivity contribution in [2.45, 2.75) is 36.9 Å². The zero-order valence-electron chi connectivity index (χ0n) is 16.5. The summed E-state index contributed by atoms with van der Waals surface area (Å²) >= 11 is 0. The van der Waals surface area contributed by atoms with Gasteiger partial charge in [-0.2, -0.15) is 9.83 Å². The van der Waals surface area contributed by atoms with Gasteiger partial charge in [0.1, 0.15) is 11.2 Å². The van der Waals surface area contributed by atoms with E-state index in [9.17, 15) is 19.9 Å². The molecule has 1 saturated carbocycles. The molecular weight excluding hydrogens is 400 g/mol. The van der Waals surface area contributed by atoms with Crippen LogP contribution in [0.1, 0.15) is 41.7 Å². The zero-order valence-corrected chi connectivity index (χ0v) is 16.5. The van der Waals surface area contributed by atoms with Gasteiger partial charge in [-0.15, -0.1) is 0 Å². The van der Waals surface area contributed by atoms with Crippen LogP contribution in [0.3, 0.4) is 0 Å². The van der Waals surface area contributed by atoms with Crippen LogP contribution in [0.4, 0.5) is 5.69 Å². The molecule has 1 spiro atoms. The average molecular weight is 420 g/mol. The highest BCUT2D eigenvalue weighted by Crippen LogP contribution is 2.48. The Labute approximate surface area is 177 Å². The third kappa shape index (κ3) is 3.14. The molecular formula is C22H20N4O5. The Morgan fingerprint density at radius 3 is 2.65 bits per heavy atom. The normalized spacial score (nSPS) is 24.6. The van der Waals surface area contributed by atoms with Crippen LogP contribution in [-0.4, -0.2) is 32.4 Å². The predicted molar refractivity (Wildman–Crippen MR) is 108 cm³/mol. The minimum atomic E-state index is -1.64. The van der Waals surface area contributed by atoms with E-state index in [-0.39, 0.29) is 36.9 Å². The second kappa shape index (κ2) is 6.92. The molecule has 0 radical (unpaired) electrons. The molecule has 3 heterocycles. The summed E-state index contributed by atoms with van der Waals surface area (Å²) in [6, 6.07) is 12.5. The van der Waals surface area contributed by atoms with E-state index >= 15 is 0 Å². The molecule has 2 aliphatic rings. The van der Waals surface area contributed by atoms with Gasteiger partial charge in [-0.05, 0) is 31.0 Å². The topological polar surface area (TPSA) is 120 Å². The molecule has 5 rings (SSSR count). The smallest absolute Gasteiger partial charge is 0.345 e. The van der Waals surface area contributed by atoms with E-state index in [1.54, 1.807) is 16.9 Å². The number of aromatic nitrogens is 3. The quantitative estimate of drug-likeness (QED) is 0.379. The molecule has 1 fully saturated rings. The van der Waals surface area contributed by atoms with E-state index in [1.165, 1.54) is 18.5 Å². The third-order valence-corrected chi connectivity index (χ3v) is 6.07. The molecule has 3 aromatic rings. The van der Waals surface area contributed by atoms with Gasteiger partial charge in [-0.3, -0.25) is 4.79 Å². The summed E-state index contributed by atoms with van der Waals surface area (Å²) in [5, 5.41) is 30.3. The minimum absolute atomic E-state index is 0.0489. The predicted octanol–water partition coefficient (Wildman–Crippen LogP) is 1.82. The fraction of sp³-hybridized carbons (Fsp3) is 0.273. The van der Waals surface area contributed by atoms with Crippen LogP contribution >= 0.6 is 0 Å². The molecule has 31 heavy (non-hydrogen) atoms. The molecule has 9 nitrogen and oxygen atoms in total. The lowest BCUT2D eigenvalue weighted by Crippen LogP contribution is -2.51.